The van der Waals surface area contributed by atoms with E-state index in [1.165, 1.54) is 12.1 Å². The summed E-state index contributed by atoms with van der Waals surface area (Å²) in [5.74, 6) is 0.107. The first kappa shape index (κ1) is 15.7. The zero-order valence-corrected chi connectivity index (χ0v) is 14.0. The summed E-state index contributed by atoms with van der Waals surface area (Å²) in [5.41, 5.74) is 2.97. The number of amidine groups is 1. The predicted molar refractivity (Wildman–Crippen MR) is 96.9 cm³/mol. The lowest BCUT2D eigenvalue weighted by Gasteiger charge is -2.21. The van der Waals surface area contributed by atoms with Crippen LogP contribution in [0.1, 0.15) is 11.4 Å². The number of rotatable bonds is 2. The maximum atomic E-state index is 13.4. The number of halogens is 2. The largest absolute Gasteiger partial charge is 0.509 e. The third-order valence-corrected chi connectivity index (χ3v) is 4.72. The fourth-order valence-corrected chi connectivity index (χ4v) is 3.19. The Hall–Kier alpha value is -2.86. The van der Waals surface area contributed by atoms with Crippen LogP contribution in [0.4, 0.5) is 10.1 Å². The first-order valence-electron chi connectivity index (χ1n) is 7.65. The standard InChI is InChI=1S/C18H14ClFN4O/c1-9-11(19)3-2-4-14(9)24-8-15(25)16(17(24)21)18-22-12-6-5-10(20)7-13(12)23-18/h2-7,21,25H,8H2,1H3,(H,22,23). The molecule has 7 heteroatoms. The second-order valence-electron chi connectivity index (χ2n) is 5.89. The molecule has 1 aromatic heterocycles. The van der Waals surface area contributed by atoms with Crippen LogP contribution in [0, 0.1) is 18.2 Å². The van der Waals surface area contributed by atoms with Gasteiger partial charge in [-0.3, -0.25) is 5.41 Å². The minimum absolute atomic E-state index is 0.0314. The van der Waals surface area contributed by atoms with Crippen molar-refractivity contribution >= 4 is 39.7 Å². The van der Waals surface area contributed by atoms with Crippen molar-refractivity contribution in [3.05, 3.63) is 64.4 Å². The number of aliphatic hydroxyl groups excluding tert-OH is 1. The number of aromatic nitrogens is 2. The van der Waals surface area contributed by atoms with Crippen LogP contribution in [-0.4, -0.2) is 27.5 Å². The van der Waals surface area contributed by atoms with Gasteiger partial charge in [0.15, 0.2) is 0 Å². The Bertz CT molecular complexity index is 1060. The zero-order chi connectivity index (χ0) is 17.7. The number of nitrogens with zero attached hydrogens (tertiary/aromatic N) is 2. The highest BCUT2D eigenvalue weighted by atomic mass is 35.5. The first-order chi connectivity index (χ1) is 12.0. The van der Waals surface area contributed by atoms with Crippen LogP contribution in [0.5, 0.6) is 0 Å². The molecule has 3 aromatic rings. The average Bonchev–Trinajstić information content (AvgIpc) is 3.10. The van der Waals surface area contributed by atoms with Gasteiger partial charge in [0.2, 0.25) is 0 Å². The van der Waals surface area contributed by atoms with Crippen molar-refractivity contribution in [3.8, 4) is 0 Å². The summed E-state index contributed by atoms with van der Waals surface area (Å²) in [6.45, 7) is 2.02. The Labute approximate surface area is 147 Å². The summed E-state index contributed by atoms with van der Waals surface area (Å²) in [6, 6.07) is 9.64. The van der Waals surface area contributed by atoms with Gasteiger partial charge in [0, 0.05) is 10.7 Å². The molecule has 0 saturated carbocycles. The molecule has 0 radical (unpaired) electrons. The van der Waals surface area contributed by atoms with Gasteiger partial charge < -0.3 is 15.0 Å². The Kier molecular flexibility index (Phi) is 3.51. The monoisotopic (exact) mass is 356 g/mol. The second-order valence-corrected chi connectivity index (χ2v) is 6.29. The number of aromatic amines is 1. The van der Waals surface area contributed by atoms with Crippen molar-refractivity contribution in [2.24, 2.45) is 0 Å². The third kappa shape index (κ3) is 2.46. The minimum Gasteiger partial charge on any atom is -0.509 e. The lowest BCUT2D eigenvalue weighted by molar-refractivity contribution is 0.411. The van der Waals surface area contributed by atoms with E-state index in [0.29, 0.717) is 27.5 Å². The van der Waals surface area contributed by atoms with Gasteiger partial charge in [-0.2, -0.15) is 0 Å². The molecule has 126 valence electrons. The summed E-state index contributed by atoms with van der Waals surface area (Å²) < 4.78 is 13.4. The molecule has 0 unspecified atom stereocenters. The van der Waals surface area contributed by atoms with Crippen molar-refractivity contribution in [3.63, 3.8) is 0 Å². The molecule has 0 fully saturated rings. The van der Waals surface area contributed by atoms with Gasteiger partial charge >= 0.3 is 0 Å². The van der Waals surface area contributed by atoms with Gasteiger partial charge in [-0.1, -0.05) is 17.7 Å². The van der Waals surface area contributed by atoms with E-state index in [2.05, 4.69) is 9.97 Å². The van der Waals surface area contributed by atoms with Crippen molar-refractivity contribution < 1.29 is 9.50 Å². The topological polar surface area (TPSA) is 76.0 Å². The molecule has 0 spiro atoms. The Morgan fingerprint density at radius 1 is 1.32 bits per heavy atom. The molecule has 1 aliphatic rings. The molecule has 0 amide bonds. The molecule has 0 bridgehead atoms. The Morgan fingerprint density at radius 2 is 2.12 bits per heavy atom. The van der Waals surface area contributed by atoms with Crippen LogP contribution >= 0.6 is 11.6 Å². The highest BCUT2D eigenvalue weighted by Gasteiger charge is 2.32. The molecule has 0 atom stereocenters. The van der Waals surface area contributed by atoms with Crippen molar-refractivity contribution in [2.75, 3.05) is 11.4 Å². The fourth-order valence-electron chi connectivity index (χ4n) is 3.02. The van der Waals surface area contributed by atoms with Crippen molar-refractivity contribution in [1.82, 2.24) is 9.97 Å². The van der Waals surface area contributed by atoms with Gasteiger partial charge in [0.05, 0.1) is 23.2 Å². The van der Waals surface area contributed by atoms with E-state index in [9.17, 15) is 9.50 Å². The van der Waals surface area contributed by atoms with Gasteiger partial charge in [-0.15, -0.1) is 0 Å². The third-order valence-electron chi connectivity index (χ3n) is 4.31. The summed E-state index contributed by atoms with van der Waals surface area (Å²) in [6.07, 6.45) is 0. The van der Waals surface area contributed by atoms with Gasteiger partial charge in [-0.05, 0) is 42.8 Å². The quantitative estimate of drug-likeness (QED) is 0.635. The second kappa shape index (κ2) is 5.60. The summed E-state index contributed by atoms with van der Waals surface area (Å²) in [7, 11) is 0. The highest BCUT2D eigenvalue weighted by Crippen LogP contribution is 2.34. The van der Waals surface area contributed by atoms with E-state index in [0.717, 1.165) is 11.3 Å². The molecular formula is C18H14ClFN4O. The van der Waals surface area contributed by atoms with E-state index < -0.39 is 0 Å². The maximum absolute atomic E-state index is 13.4. The van der Waals surface area contributed by atoms with Gasteiger partial charge in [-0.25, -0.2) is 9.37 Å². The van der Waals surface area contributed by atoms with Crippen molar-refractivity contribution in [1.29, 1.82) is 5.41 Å². The zero-order valence-electron chi connectivity index (χ0n) is 13.3. The maximum Gasteiger partial charge on any atom is 0.145 e. The number of anilines is 1. The number of hydrogen-bond donors (Lipinski definition) is 3. The molecule has 0 aliphatic carbocycles. The number of hydrogen-bond acceptors (Lipinski definition) is 3. The first-order valence-corrected chi connectivity index (χ1v) is 8.03. The molecule has 0 saturated heterocycles. The van der Waals surface area contributed by atoms with Gasteiger partial charge in [0.1, 0.15) is 23.2 Å². The normalized spacial score (nSPS) is 14.8. The molecule has 3 N–H and O–H groups in total. The van der Waals surface area contributed by atoms with Gasteiger partial charge in [0.25, 0.3) is 0 Å². The molecular weight excluding hydrogens is 343 g/mol. The van der Waals surface area contributed by atoms with E-state index in [1.54, 1.807) is 23.1 Å². The SMILES string of the molecule is Cc1c(Cl)cccc1N1CC(O)=C(c2nc3ccc(F)cc3[nH]2)C1=N. The average molecular weight is 357 g/mol. The lowest BCUT2D eigenvalue weighted by atomic mass is 10.1. The summed E-state index contributed by atoms with van der Waals surface area (Å²) >= 11 is 6.17. The van der Waals surface area contributed by atoms with Crippen LogP contribution in [0.15, 0.2) is 42.2 Å². The van der Waals surface area contributed by atoms with E-state index in [-0.39, 0.29) is 24.0 Å². The molecule has 2 heterocycles. The smallest absolute Gasteiger partial charge is 0.145 e. The van der Waals surface area contributed by atoms with Crippen LogP contribution in [0.25, 0.3) is 16.6 Å². The van der Waals surface area contributed by atoms with Crippen LogP contribution in [-0.2, 0) is 0 Å². The number of imidazole rings is 1. The molecule has 4 rings (SSSR count). The molecule has 25 heavy (non-hydrogen) atoms. The van der Waals surface area contributed by atoms with E-state index >= 15 is 0 Å². The van der Waals surface area contributed by atoms with Crippen LogP contribution in [0.3, 0.4) is 0 Å². The number of aliphatic hydroxyl groups is 1. The highest BCUT2D eigenvalue weighted by molar-refractivity contribution is 6.33. The Balaban J connectivity index is 1.76. The van der Waals surface area contributed by atoms with Crippen LogP contribution in [0.2, 0.25) is 5.02 Å². The molecule has 5 nitrogen and oxygen atoms in total. The molecule has 2 aromatic carbocycles. The number of H-pyrrole nitrogens is 1. The van der Waals surface area contributed by atoms with Crippen molar-refractivity contribution in [2.45, 2.75) is 6.92 Å². The number of fused-ring (bicyclic) bond motifs is 1. The minimum atomic E-state index is -0.376. The fraction of sp³-hybridized carbons (Fsp3) is 0.111. The number of nitrogens with one attached hydrogen (secondary N) is 2. The lowest BCUT2D eigenvalue weighted by Crippen LogP contribution is -2.27. The summed E-state index contributed by atoms with van der Waals surface area (Å²) in [5, 5.41) is 19.5. The Morgan fingerprint density at radius 3 is 2.92 bits per heavy atom. The van der Waals surface area contributed by atoms with Crippen LogP contribution < -0.4 is 4.90 Å². The summed E-state index contributed by atoms with van der Waals surface area (Å²) in [4.78, 5) is 9.01. The predicted octanol–water partition coefficient (Wildman–Crippen LogP) is 4.43. The molecule has 1 aliphatic heterocycles. The van der Waals surface area contributed by atoms with E-state index in [1.807, 2.05) is 13.0 Å². The number of benzene rings is 2. The van der Waals surface area contributed by atoms with E-state index in [4.69, 9.17) is 17.0 Å².